The maximum atomic E-state index is 12.7. The summed E-state index contributed by atoms with van der Waals surface area (Å²) in [5, 5.41) is 40.0. The molecule has 0 bridgehead atoms. The summed E-state index contributed by atoms with van der Waals surface area (Å²) < 4.78 is 27.0. The van der Waals surface area contributed by atoms with Gasteiger partial charge in [0, 0.05) is 23.8 Å². The number of phenols is 1. The Morgan fingerprint density at radius 3 is 2.53 bits per heavy atom. The Bertz CT molecular complexity index is 1200. The lowest BCUT2D eigenvalue weighted by Crippen LogP contribution is -2.48. The number of benzene rings is 2. The van der Waals surface area contributed by atoms with Crippen LogP contribution in [0.15, 0.2) is 45.6 Å². The van der Waals surface area contributed by atoms with Gasteiger partial charge < -0.3 is 43.8 Å². The van der Waals surface area contributed by atoms with Crippen LogP contribution in [0.25, 0.3) is 22.3 Å². The van der Waals surface area contributed by atoms with Crippen LogP contribution < -0.4 is 19.6 Å². The number of methoxy groups -OCH3 is 2. The maximum absolute atomic E-state index is 12.7. The number of aliphatic hydroxyl groups excluding tert-OH is 2. The molecule has 1 aliphatic heterocycles. The van der Waals surface area contributed by atoms with Crippen LogP contribution in [0.1, 0.15) is 0 Å². The predicted molar refractivity (Wildman–Crippen MR) is 111 cm³/mol. The molecule has 10 nitrogen and oxygen atoms in total. The van der Waals surface area contributed by atoms with Gasteiger partial charge in [0.2, 0.25) is 6.29 Å². The fourth-order valence-corrected chi connectivity index (χ4v) is 3.44. The number of phenolic OH excluding ortho intramolecular Hbond substituents is 1. The highest BCUT2D eigenvalue weighted by Gasteiger charge is 2.49. The summed E-state index contributed by atoms with van der Waals surface area (Å²) in [6, 6.07) is 8.66. The molecule has 10 heteroatoms. The molecule has 0 saturated carbocycles. The minimum Gasteiger partial charge on any atom is -0.504 e. The standard InChI is InChI=1S/C22H22O10/c1-28-12-6-17(29-2)19-14(25)8-16(31-18(19)7-12)11-3-4-15(13(24)5-11)32-21-20(26)22(27,9-23)10-30-21/h3-8,20-21,23-24,26-27H,9-10H2,1-2H3/t20-,21-,22+/m0/s1. The molecule has 1 aliphatic rings. The molecule has 2 aromatic carbocycles. The van der Waals surface area contributed by atoms with E-state index in [0.717, 1.165) is 0 Å². The molecule has 0 unspecified atom stereocenters. The van der Waals surface area contributed by atoms with Crippen molar-refractivity contribution in [3.63, 3.8) is 0 Å². The average Bonchev–Trinajstić information content (AvgIpc) is 3.08. The Labute approximate surface area is 181 Å². The molecule has 4 rings (SSSR count). The molecule has 4 N–H and O–H groups in total. The van der Waals surface area contributed by atoms with Gasteiger partial charge in [0.15, 0.2) is 16.9 Å². The molecule has 3 atom stereocenters. The van der Waals surface area contributed by atoms with Crippen molar-refractivity contribution in [2.75, 3.05) is 27.4 Å². The molecule has 1 saturated heterocycles. The van der Waals surface area contributed by atoms with E-state index in [-0.39, 0.29) is 40.3 Å². The van der Waals surface area contributed by atoms with Gasteiger partial charge in [0.1, 0.15) is 39.9 Å². The first-order valence-corrected chi connectivity index (χ1v) is 9.62. The smallest absolute Gasteiger partial charge is 0.229 e. The Hall–Kier alpha value is -3.31. The number of aliphatic hydroxyl groups is 3. The Balaban J connectivity index is 1.66. The van der Waals surface area contributed by atoms with Crippen LogP contribution in [0.4, 0.5) is 0 Å². The van der Waals surface area contributed by atoms with E-state index in [1.165, 1.54) is 38.5 Å². The summed E-state index contributed by atoms with van der Waals surface area (Å²) >= 11 is 0. The van der Waals surface area contributed by atoms with E-state index in [0.29, 0.717) is 17.1 Å². The summed E-state index contributed by atoms with van der Waals surface area (Å²) in [5.41, 5.74) is -1.56. The quantitative estimate of drug-likeness (QED) is 0.432. The zero-order valence-corrected chi connectivity index (χ0v) is 17.3. The Morgan fingerprint density at radius 2 is 1.91 bits per heavy atom. The molecule has 0 spiro atoms. The van der Waals surface area contributed by atoms with Crippen molar-refractivity contribution in [2.45, 2.75) is 18.0 Å². The molecule has 1 fully saturated rings. The highest BCUT2D eigenvalue weighted by molar-refractivity contribution is 5.86. The van der Waals surface area contributed by atoms with E-state index in [2.05, 4.69) is 0 Å². The monoisotopic (exact) mass is 446 g/mol. The fourth-order valence-electron chi connectivity index (χ4n) is 3.44. The minimum absolute atomic E-state index is 0.0357. The lowest BCUT2D eigenvalue weighted by atomic mass is 10.0. The summed E-state index contributed by atoms with van der Waals surface area (Å²) in [7, 11) is 2.91. The molecule has 170 valence electrons. The van der Waals surface area contributed by atoms with Gasteiger partial charge in [-0.05, 0) is 18.2 Å². The summed E-state index contributed by atoms with van der Waals surface area (Å²) in [6.45, 7) is -1.04. The van der Waals surface area contributed by atoms with Gasteiger partial charge in [-0.3, -0.25) is 4.79 Å². The lowest BCUT2D eigenvalue weighted by Gasteiger charge is -2.24. The summed E-state index contributed by atoms with van der Waals surface area (Å²) in [5.74, 6) is 0.588. The van der Waals surface area contributed by atoms with E-state index in [1.54, 1.807) is 12.1 Å². The molecule has 0 radical (unpaired) electrons. The third-order valence-corrected chi connectivity index (χ3v) is 5.29. The first kappa shape index (κ1) is 21.9. The van der Waals surface area contributed by atoms with E-state index >= 15 is 0 Å². The molecular formula is C22H22O10. The number of aromatic hydroxyl groups is 1. The van der Waals surface area contributed by atoms with E-state index in [4.69, 9.17) is 23.4 Å². The third-order valence-electron chi connectivity index (χ3n) is 5.29. The van der Waals surface area contributed by atoms with Crippen molar-refractivity contribution in [3.8, 4) is 34.3 Å². The van der Waals surface area contributed by atoms with Crippen LogP contribution >= 0.6 is 0 Å². The first-order valence-electron chi connectivity index (χ1n) is 9.62. The van der Waals surface area contributed by atoms with Gasteiger partial charge in [-0.2, -0.15) is 0 Å². The van der Waals surface area contributed by atoms with Gasteiger partial charge in [-0.1, -0.05) is 0 Å². The number of fused-ring (bicyclic) bond motifs is 1. The first-order chi connectivity index (χ1) is 15.3. The number of ether oxygens (including phenoxy) is 4. The topological polar surface area (TPSA) is 148 Å². The zero-order valence-electron chi connectivity index (χ0n) is 17.3. The normalized spacial score (nSPS) is 22.8. The maximum Gasteiger partial charge on any atom is 0.229 e. The number of rotatable bonds is 6. The summed E-state index contributed by atoms with van der Waals surface area (Å²) in [6.07, 6.45) is -2.81. The van der Waals surface area contributed by atoms with Crippen LogP contribution in [0, 0.1) is 0 Å². The highest BCUT2D eigenvalue weighted by atomic mass is 16.7. The molecule has 0 aliphatic carbocycles. The van der Waals surface area contributed by atoms with Crippen molar-refractivity contribution in [1.29, 1.82) is 0 Å². The SMILES string of the molecule is COc1cc(OC)c2c(=O)cc(-c3ccc(O[C@@H]4OC[C@](O)(CO)[C@H]4O)c(O)c3)oc2c1. The van der Waals surface area contributed by atoms with Gasteiger partial charge in [0.05, 0.1) is 27.4 Å². The molecule has 0 amide bonds. The van der Waals surface area contributed by atoms with Crippen molar-refractivity contribution in [2.24, 2.45) is 0 Å². The van der Waals surface area contributed by atoms with Crippen LogP contribution in [0.3, 0.4) is 0 Å². The number of hydrogen-bond acceptors (Lipinski definition) is 10. The Kier molecular flexibility index (Phi) is 5.70. The molecule has 1 aromatic heterocycles. The van der Waals surface area contributed by atoms with Crippen LogP contribution in [0.5, 0.6) is 23.0 Å². The minimum atomic E-state index is -1.85. The van der Waals surface area contributed by atoms with Crippen molar-refractivity contribution < 1.29 is 43.8 Å². The van der Waals surface area contributed by atoms with Crippen LogP contribution in [-0.2, 0) is 4.74 Å². The largest absolute Gasteiger partial charge is 0.504 e. The van der Waals surface area contributed by atoms with E-state index in [9.17, 15) is 25.2 Å². The van der Waals surface area contributed by atoms with E-state index < -0.39 is 24.6 Å². The molecule has 2 heterocycles. The Morgan fingerprint density at radius 1 is 1.12 bits per heavy atom. The lowest BCUT2D eigenvalue weighted by molar-refractivity contribution is -0.116. The van der Waals surface area contributed by atoms with Crippen molar-refractivity contribution >= 4 is 11.0 Å². The average molecular weight is 446 g/mol. The van der Waals surface area contributed by atoms with Crippen molar-refractivity contribution in [1.82, 2.24) is 0 Å². The second-order valence-corrected chi connectivity index (χ2v) is 7.36. The molecule has 3 aromatic rings. The van der Waals surface area contributed by atoms with Gasteiger partial charge >= 0.3 is 0 Å². The second kappa shape index (κ2) is 8.32. The van der Waals surface area contributed by atoms with Crippen molar-refractivity contribution in [3.05, 3.63) is 46.6 Å². The van der Waals surface area contributed by atoms with Gasteiger partial charge in [-0.15, -0.1) is 0 Å². The molecule has 32 heavy (non-hydrogen) atoms. The van der Waals surface area contributed by atoms with E-state index in [1.807, 2.05) is 0 Å². The van der Waals surface area contributed by atoms with Crippen LogP contribution in [-0.4, -0.2) is 65.9 Å². The fraction of sp³-hybridized carbons (Fsp3) is 0.318. The second-order valence-electron chi connectivity index (χ2n) is 7.36. The highest BCUT2D eigenvalue weighted by Crippen LogP contribution is 2.36. The zero-order chi connectivity index (χ0) is 23.0. The van der Waals surface area contributed by atoms with Gasteiger partial charge in [0.25, 0.3) is 0 Å². The van der Waals surface area contributed by atoms with Gasteiger partial charge in [-0.25, -0.2) is 0 Å². The number of hydrogen-bond donors (Lipinski definition) is 4. The molecular weight excluding hydrogens is 424 g/mol. The van der Waals surface area contributed by atoms with Crippen LogP contribution in [0.2, 0.25) is 0 Å². The third kappa shape index (κ3) is 3.73. The predicted octanol–water partition coefficient (Wildman–Crippen LogP) is 1.00. The summed E-state index contributed by atoms with van der Waals surface area (Å²) in [4.78, 5) is 12.7.